The first-order valence-electron chi connectivity index (χ1n) is 9.29. The monoisotopic (exact) mass is 400 g/mol. The fourth-order valence-electron chi connectivity index (χ4n) is 2.88. The predicted octanol–water partition coefficient (Wildman–Crippen LogP) is 2.70. The highest BCUT2D eigenvalue weighted by Crippen LogP contribution is 2.33. The Bertz CT molecular complexity index is 853. The summed E-state index contributed by atoms with van der Waals surface area (Å²) in [5.74, 6) is 1.59. The summed E-state index contributed by atoms with van der Waals surface area (Å²) in [5.41, 5.74) is 1.81. The Morgan fingerprint density at radius 2 is 1.72 bits per heavy atom. The Balaban J connectivity index is 1.72. The number of nitrogens with zero attached hydrogens (tertiary/aromatic N) is 1. The number of hydrogen-bond donors (Lipinski definition) is 1. The summed E-state index contributed by atoms with van der Waals surface area (Å²) in [6, 6.07) is 12.6. The number of amides is 2. The summed E-state index contributed by atoms with van der Waals surface area (Å²) in [7, 11) is 1.60. The Kier molecular flexibility index (Phi) is 6.78. The van der Waals surface area contributed by atoms with Crippen LogP contribution in [0.25, 0.3) is 0 Å². The van der Waals surface area contributed by atoms with Gasteiger partial charge in [0.25, 0.3) is 0 Å². The van der Waals surface area contributed by atoms with E-state index in [1.54, 1.807) is 18.9 Å². The lowest BCUT2D eigenvalue weighted by molar-refractivity contribution is -0.141. The van der Waals surface area contributed by atoms with Crippen molar-refractivity contribution in [2.75, 3.05) is 27.1 Å². The Morgan fingerprint density at radius 1 is 1.03 bits per heavy atom. The van der Waals surface area contributed by atoms with Gasteiger partial charge in [0.05, 0.1) is 13.7 Å². The fraction of sp³-hybridized carbons (Fsp3) is 0.333. The lowest BCUT2D eigenvalue weighted by Crippen LogP contribution is -2.41. The van der Waals surface area contributed by atoms with Gasteiger partial charge in [0.1, 0.15) is 12.3 Å². The molecule has 0 bridgehead atoms. The molecule has 1 heterocycles. The molecule has 154 valence electrons. The van der Waals surface area contributed by atoms with E-state index >= 15 is 0 Å². The van der Waals surface area contributed by atoms with E-state index in [0.717, 1.165) is 16.9 Å². The van der Waals surface area contributed by atoms with Gasteiger partial charge in [-0.15, -0.1) is 0 Å². The van der Waals surface area contributed by atoms with Crippen molar-refractivity contribution >= 4 is 12.0 Å². The molecule has 0 spiro atoms. The van der Waals surface area contributed by atoms with Crippen LogP contribution in [-0.2, 0) is 22.6 Å². The largest absolute Gasteiger partial charge is 0.497 e. The zero-order valence-electron chi connectivity index (χ0n) is 16.5. The molecule has 2 aromatic carbocycles. The number of hydrogen-bond acceptors (Lipinski definition) is 6. The fourth-order valence-corrected chi connectivity index (χ4v) is 2.88. The molecule has 0 saturated carbocycles. The minimum atomic E-state index is -0.478. The van der Waals surface area contributed by atoms with Crippen LogP contribution < -0.4 is 19.5 Å². The molecule has 0 fully saturated rings. The zero-order valence-corrected chi connectivity index (χ0v) is 16.5. The SMILES string of the molecule is CCOC(=O)CNC(=O)N(Cc1ccc(OC)cc1)Cc1ccc2c(c1)OCO2. The molecule has 0 radical (unpaired) electrons. The van der Waals surface area contributed by atoms with Gasteiger partial charge in [-0.3, -0.25) is 4.79 Å². The third kappa shape index (κ3) is 5.54. The topological polar surface area (TPSA) is 86.3 Å². The maximum absolute atomic E-state index is 12.7. The average molecular weight is 400 g/mol. The van der Waals surface area contributed by atoms with Crippen LogP contribution in [0.1, 0.15) is 18.1 Å². The number of benzene rings is 2. The lowest BCUT2D eigenvalue weighted by atomic mass is 10.1. The highest BCUT2D eigenvalue weighted by atomic mass is 16.7. The molecule has 3 rings (SSSR count). The first-order valence-corrected chi connectivity index (χ1v) is 9.29. The molecule has 1 N–H and O–H groups in total. The van der Waals surface area contributed by atoms with Crippen LogP contribution in [0, 0.1) is 0 Å². The first kappa shape index (κ1) is 20.3. The molecule has 0 aliphatic carbocycles. The second kappa shape index (κ2) is 9.68. The normalized spacial score (nSPS) is 11.7. The standard InChI is InChI=1S/C21H24N2O6/c1-3-27-20(24)11-22-21(25)23(12-15-4-7-17(26-2)8-5-15)13-16-6-9-18-19(10-16)29-14-28-18/h4-10H,3,11-14H2,1-2H3,(H,22,25). The number of esters is 1. The third-order valence-corrected chi connectivity index (χ3v) is 4.32. The van der Waals surface area contributed by atoms with Gasteiger partial charge in [-0.1, -0.05) is 18.2 Å². The van der Waals surface area contributed by atoms with E-state index in [-0.39, 0.29) is 26.0 Å². The van der Waals surface area contributed by atoms with E-state index in [1.165, 1.54) is 0 Å². The molecule has 0 aromatic heterocycles. The number of fused-ring (bicyclic) bond motifs is 1. The number of nitrogens with one attached hydrogen (secondary N) is 1. The smallest absolute Gasteiger partial charge is 0.325 e. The molecule has 8 heteroatoms. The summed E-state index contributed by atoms with van der Waals surface area (Å²) in [4.78, 5) is 25.9. The minimum absolute atomic E-state index is 0.188. The Hall–Kier alpha value is -3.42. The summed E-state index contributed by atoms with van der Waals surface area (Å²) in [6.45, 7) is 2.67. The van der Waals surface area contributed by atoms with Crippen LogP contribution in [-0.4, -0.2) is 44.0 Å². The number of carbonyl (C=O) groups is 2. The van der Waals surface area contributed by atoms with Crippen molar-refractivity contribution in [2.45, 2.75) is 20.0 Å². The maximum atomic E-state index is 12.7. The third-order valence-electron chi connectivity index (χ3n) is 4.32. The average Bonchev–Trinajstić information content (AvgIpc) is 3.20. The van der Waals surface area contributed by atoms with Crippen LogP contribution in [0.15, 0.2) is 42.5 Å². The molecular weight excluding hydrogens is 376 g/mol. The van der Waals surface area contributed by atoms with Gasteiger partial charge in [0.2, 0.25) is 6.79 Å². The molecule has 1 aliphatic heterocycles. The van der Waals surface area contributed by atoms with E-state index in [1.807, 2.05) is 42.5 Å². The van der Waals surface area contributed by atoms with Crippen molar-refractivity contribution in [1.82, 2.24) is 10.2 Å². The molecule has 2 amide bonds. The van der Waals surface area contributed by atoms with Crippen molar-refractivity contribution in [3.63, 3.8) is 0 Å². The number of urea groups is 1. The van der Waals surface area contributed by atoms with E-state index in [0.29, 0.717) is 24.6 Å². The Morgan fingerprint density at radius 3 is 2.45 bits per heavy atom. The van der Waals surface area contributed by atoms with Gasteiger partial charge in [-0.2, -0.15) is 0 Å². The number of rotatable bonds is 8. The Labute approximate surface area is 169 Å². The second-order valence-corrected chi connectivity index (χ2v) is 6.36. The van der Waals surface area contributed by atoms with E-state index in [2.05, 4.69) is 5.32 Å². The van der Waals surface area contributed by atoms with Gasteiger partial charge in [0, 0.05) is 13.1 Å². The van der Waals surface area contributed by atoms with Gasteiger partial charge in [-0.25, -0.2) is 4.79 Å². The van der Waals surface area contributed by atoms with Crippen LogP contribution in [0.4, 0.5) is 4.79 Å². The predicted molar refractivity (Wildman–Crippen MR) is 105 cm³/mol. The summed E-state index contributed by atoms with van der Waals surface area (Å²) in [5, 5.41) is 2.61. The van der Waals surface area contributed by atoms with Crippen molar-refractivity contribution in [1.29, 1.82) is 0 Å². The van der Waals surface area contributed by atoms with E-state index < -0.39 is 5.97 Å². The highest BCUT2D eigenvalue weighted by Gasteiger charge is 2.19. The van der Waals surface area contributed by atoms with Crippen molar-refractivity contribution in [3.8, 4) is 17.2 Å². The van der Waals surface area contributed by atoms with Crippen molar-refractivity contribution in [2.24, 2.45) is 0 Å². The summed E-state index contributed by atoms with van der Waals surface area (Å²) in [6.07, 6.45) is 0. The molecule has 8 nitrogen and oxygen atoms in total. The van der Waals surface area contributed by atoms with E-state index in [9.17, 15) is 9.59 Å². The molecule has 2 aromatic rings. The molecule has 1 aliphatic rings. The summed E-state index contributed by atoms with van der Waals surface area (Å²) < 4.78 is 20.8. The summed E-state index contributed by atoms with van der Waals surface area (Å²) >= 11 is 0. The molecule has 29 heavy (non-hydrogen) atoms. The van der Waals surface area contributed by atoms with Crippen LogP contribution in [0.3, 0.4) is 0 Å². The van der Waals surface area contributed by atoms with Gasteiger partial charge < -0.3 is 29.2 Å². The number of ether oxygens (including phenoxy) is 4. The van der Waals surface area contributed by atoms with Crippen molar-refractivity contribution in [3.05, 3.63) is 53.6 Å². The quantitative estimate of drug-likeness (QED) is 0.686. The lowest BCUT2D eigenvalue weighted by Gasteiger charge is -2.23. The highest BCUT2D eigenvalue weighted by molar-refractivity contribution is 5.80. The van der Waals surface area contributed by atoms with E-state index in [4.69, 9.17) is 18.9 Å². The first-order chi connectivity index (χ1) is 14.1. The zero-order chi connectivity index (χ0) is 20.6. The maximum Gasteiger partial charge on any atom is 0.325 e. The van der Waals surface area contributed by atoms with Gasteiger partial charge >= 0.3 is 12.0 Å². The molecule has 0 saturated heterocycles. The number of carbonyl (C=O) groups excluding carboxylic acids is 2. The van der Waals surface area contributed by atoms with Crippen LogP contribution >= 0.6 is 0 Å². The van der Waals surface area contributed by atoms with Gasteiger partial charge in [-0.05, 0) is 42.3 Å². The van der Waals surface area contributed by atoms with Gasteiger partial charge in [0.15, 0.2) is 11.5 Å². The second-order valence-electron chi connectivity index (χ2n) is 6.36. The molecule has 0 atom stereocenters. The van der Waals surface area contributed by atoms with Crippen molar-refractivity contribution < 1.29 is 28.5 Å². The minimum Gasteiger partial charge on any atom is -0.497 e. The van der Waals surface area contributed by atoms with Crippen LogP contribution in [0.5, 0.6) is 17.2 Å². The molecule has 0 unspecified atom stereocenters. The number of methoxy groups -OCH3 is 1. The molecular formula is C21H24N2O6. The van der Waals surface area contributed by atoms with Crippen LogP contribution in [0.2, 0.25) is 0 Å².